The molecule has 0 aliphatic carbocycles. The number of nitrogens with two attached hydrogens (primary N) is 2. The van der Waals surface area contributed by atoms with Crippen molar-refractivity contribution >= 4 is 17.3 Å². The molecule has 1 amide bonds. The summed E-state index contributed by atoms with van der Waals surface area (Å²) in [5.41, 5.74) is 12.6. The van der Waals surface area contributed by atoms with Crippen molar-refractivity contribution in [3.05, 3.63) is 23.8 Å². The van der Waals surface area contributed by atoms with Crippen molar-refractivity contribution in [1.29, 1.82) is 0 Å². The van der Waals surface area contributed by atoms with Gasteiger partial charge in [-0.05, 0) is 30.5 Å². The Hall–Kier alpha value is -1.92. The number of hydrogen-bond donors (Lipinski definition) is 3. The summed E-state index contributed by atoms with van der Waals surface area (Å²) < 4.78 is 37.5. The number of amides is 1. The van der Waals surface area contributed by atoms with Crippen molar-refractivity contribution in [2.75, 3.05) is 11.5 Å². The first-order valence-electron chi connectivity index (χ1n) is 5.78. The van der Waals surface area contributed by atoms with Crippen molar-refractivity contribution in [3.8, 4) is 0 Å². The number of benzene rings is 1. The van der Waals surface area contributed by atoms with Crippen LogP contribution >= 0.6 is 0 Å². The first-order valence-corrected chi connectivity index (χ1v) is 5.78. The van der Waals surface area contributed by atoms with E-state index < -0.39 is 24.0 Å². The summed E-state index contributed by atoms with van der Waals surface area (Å²) >= 11 is 0. The number of halogens is 3. The Morgan fingerprint density at radius 3 is 2.47 bits per heavy atom. The molecule has 1 fully saturated rings. The van der Waals surface area contributed by atoms with Crippen LogP contribution in [-0.4, -0.2) is 18.1 Å². The Labute approximate surface area is 108 Å². The monoisotopic (exact) mass is 273 g/mol. The molecular formula is C12H14F3N3O. The Kier molecular flexibility index (Phi) is 3.30. The van der Waals surface area contributed by atoms with Crippen molar-refractivity contribution in [2.45, 2.75) is 25.1 Å². The highest BCUT2D eigenvalue weighted by atomic mass is 19.4. The third kappa shape index (κ3) is 2.91. The second-order valence-electron chi connectivity index (χ2n) is 4.70. The van der Waals surface area contributed by atoms with Gasteiger partial charge in [-0.2, -0.15) is 13.2 Å². The van der Waals surface area contributed by atoms with E-state index in [9.17, 15) is 18.0 Å². The normalized spacial score (nSPS) is 23.4. The molecule has 19 heavy (non-hydrogen) atoms. The summed E-state index contributed by atoms with van der Waals surface area (Å²) in [6.07, 6.45) is -4.42. The zero-order valence-corrected chi connectivity index (χ0v) is 10.00. The molecule has 0 spiro atoms. The van der Waals surface area contributed by atoms with E-state index in [1.807, 2.05) is 5.32 Å². The SMILES string of the molecule is Nc1ccc(CC2CC(C(F)(F)F)NC2=O)cc1N. The number of hydrogen-bond acceptors (Lipinski definition) is 3. The van der Waals surface area contributed by atoms with Gasteiger partial charge in [-0.1, -0.05) is 6.07 Å². The lowest BCUT2D eigenvalue weighted by Gasteiger charge is -2.13. The zero-order chi connectivity index (χ0) is 14.2. The predicted molar refractivity (Wildman–Crippen MR) is 65.1 cm³/mol. The summed E-state index contributed by atoms with van der Waals surface area (Å²) in [7, 11) is 0. The van der Waals surface area contributed by atoms with Gasteiger partial charge in [0, 0.05) is 5.92 Å². The van der Waals surface area contributed by atoms with Crippen LogP contribution in [0.5, 0.6) is 0 Å². The topological polar surface area (TPSA) is 81.1 Å². The number of alkyl halides is 3. The van der Waals surface area contributed by atoms with Crippen LogP contribution < -0.4 is 16.8 Å². The van der Waals surface area contributed by atoms with Crippen molar-refractivity contribution < 1.29 is 18.0 Å². The van der Waals surface area contributed by atoms with Gasteiger partial charge in [-0.25, -0.2) is 0 Å². The molecule has 4 nitrogen and oxygen atoms in total. The fourth-order valence-corrected chi connectivity index (χ4v) is 2.17. The van der Waals surface area contributed by atoms with Gasteiger partial charge >= 0.3 is 6.18 Å². The number of carbonyl (C=O) groups is 1. The number of nitrogens with one attached hydrogen (secondary N) is 1. The van der Waals surface area contributed by atoms with Gasteiger partial charge in [0.2, 0.25) is 5.91 Å². The maximum Gasteiger partial charge on any atom is 0.408 e. The second-order valence-corrected chi connectivity index (χ2v) is 4.70. The molecule has 7 heteroatoms. The summed E-state index contributed by atoms with van der Waals surface area (Å²) in [4.78, 5) is 11.5. The summed E-state index contributed by atoms with van der Waals surface area (Å²) in [6, 6.07) is 3.08. The molecule has 1 saturated heterocycles. The molecule has 2 unspecified atom stereocenters. The summed E-state index contributed by atoms with van der Waals surface area (Å²) in [5.74, 6) is -1.26. The van der Waals surface area contributed by atoms with Crippen LogP contribution in [-0.2, 0) is 11.2 Å². The van der Waals surface area contributed by atoms with Crippen LogP contribution in [0.25, 0.3) is 0 Å². The molecule has 0 bridgehead atoms. The standard InChI is InChI=1S/C12H14F3N3O/c13-12(14,15)10-5-7(11(19)18-10)3-6-1-2-8(16)9(17)4-6/h1-2,4,7,10H,3,5,16-17H2,(H,18,19). The summed E-state index contributed by atoms with van der Waals surface area (Å²) in [5, 5.41) is 1.97. The van der Waals surface area contributed by atoms with Crippen LogP contribution in [0, 0.1) is 5.92 Å². The van der Waals surface area contributed by atoms with E-state index in [1.165, 1.54) is 0 Å². The number of carbonyl (C=O) groups excluding carboxylic acids is 1. The highest BCUT2D eigenvalue weighted by Gasteiger charge is 2.47. The van der Waals surface area contributed by atoms with E-state index in [4.69, 9.17) is 11.5 Å². The fourth-order valence-electron chi connectivity index (χ4n) is 2.17. The van der Waals surface area contributed by atoms with Gasteiger partial charge in [0.1, 0.15) is 6.04 Å². The third-order valence-electron chi connectivity index (χ3n) is 3.24. The Morgan fingerprint density at radius 1 is 1.26 bits per heavy atom. The van der Waals surface area contributed by atoms with E-state index in [0.717, 1.165) is 0 Å². The first-order chi connectivity index (χ1) is 8.77. The molecule has 1 aliphatic heterocycles. The molecule has 104 valence electrons. The molecular weight excluding hydrogens is 259 g/mol. The smallest absolute Gasteiger partial charge is 0.397 e. The van der Waals surface area contributed by atoms with Crippen molar-refractivity contribution in [2.24, 2.45) is 5.92 Å². The van der Waals surface area contributed by atoms with Gasteiger partial charge in [0.25, 0.3) is 0 Å². The average molecular weight is 273 g/mol. The first kappa shape index (κ1) is 13.5. The number of nitrogen functional groups attached to an aromatic ring is 2. The van der Waals surface area contributed by atoms with E-state index >= 15 is 0 Å². The van der Waals surface area contributed by atoms with E-state index in [0.29, 0.717) is 16.9 Å². The molecule has 1 heterocycles. The van der Waals surface area contributed by atoms with Gasteiger partial charge in [-0.15, -0.1) is 0 Å². The largest absolute Gasteiger partial charge is 0.408 e. The minimum Gasteiger partial charge on any atom is -0.397 e. The van der Waals surface area contributed by atoms with Crippen LogP contribution in [0.1, 0.15) is 12.0 Å². The molecule has 0 saturated carbocycles. The minimum absolute atomic E-state index is 0.225. The number of rotatable bonds is 2. The van der Waals surface area contributed by atoms with Crippen LogP contribution in [0.15, 0.2) is 18.2 Å². The minimum atomic E-state index is -4.40. The van der Waals surface area contributed by atoms with E-state index in [-0.39, 0.29) is 12.8 Å². The van der Waals surface area contributed by atoms with Crippen LogP contribution in [0.3, 0.4) is 0 Å². The fraction of sp³-hybridized carbons (Fsp3) is 0.417. The van der Waals surface area contributed by atoms with Crippen LogP contribution in [0.2, 0.25) is 0 Å². The molecule has 0 aromatic heterocycles. The quantitative estimate of drug-likeness (QED) is 0.713. The van der Waals surface area contributed by atoms with Gasteiger partial charge in [-0.3, -0.25) is 4.79 Å². The highest BCUT2D eigenvalue weighted by molar-refractivity contribution is 5.81. The molecule has 1 aromatic rings. The lowest BCUT2D eigenvalue weighted by Crippen LogP contribution is -2.38. The molecule has 1 aliphatic rings. The van der Waals surface area contributed by atoms with Crippen molar-refractivity contribution in [1.82, 2.24) is 5.32 Å². The highest BCUT2D eigenvalue weighted by Crippen LogP contribution is 2.31. The molecule has 5 N–H and O–H groups in total. The Morgan fingerprint density at radius 2 is 1.95 bits per heavy atom. The lowest BCUT2D eigenvalue weighted by molar-refractivity contribution is -0.154. The lowest BCUT2D eigenvalue weighted by atomic mass is 9.95. The Balaban J connectivity index is 2.07. The van der Waals surface area contributed by atoms with Crippen molar-refractivity contribution in [3.63, 3.8) is 0 Å². The van der Waals surface area contributed by atoms with Gasteiger partial charge in [0.05, 0.1) is 11.4 Å². The van der Waals surface area contributed by atoms with Gasteiger partial charge in [0.15, 0.2) is 0 Å². The van der Waals surface area contributed by atoms with E-state index in [1.54, 1.807) is 18.2 Å². The average Bonchev–Trinajstić information content (AvgIpc) is 2.65. The maximum absolute atomic E-state index is 12.5. The predicted octanol–water partition coefficient (Wildman–Crippen LogP) is 1.46. The van der Waals surface area contributed by atoms with E-state index in [2.05, 4.69) is 0 Å². The molecule has 1 aromatic carbocycles. The summed E-state index contributed by atoms with van der Waals surface area (Å²) in [6.45, 7) is 0. The number of anilines is 2. The second kappa shape index (κ2) is 4.64. The zero-order valence-electron chi connectivity index (χ0n) is 10.00. The molecule has 0 radical (unpaired) electrons. The van der Waals surface area contributed by atoms with Crippen LogP contribution in [0.4, 0.5) is 24.5 Å². The molecule has 2 rings (SSSR count). The molecule has 2 atom stereocenters. The Bertz CT molecular complexity index is 501. The third-order valence-corrected chi connectivity index (χ3v) is 3.24. The van der Waals surface area contributed by atoms with Gasteiger partial charge < -0.3 is 16.8 Å². The maximum atomic E-state index is 12.5.